The van der Waals surface area contributed by atoms with Gasteiger partial charge in [-0.3, -0.25) is 0 Å². The van der Waals surface area contributed by atoms with E-state index < -0.39 is 0 Å². The smallest absolute Gasteiger partial charge is 0.0691 e. The van der Waals surface area contributed by atoms with Gasteiger partial charge in [-0.05, 0) is 25.3 Å². The van der Waals surface area contributed by atoms with Crippen molar-refractivity contribution in [3.8, 4) is 0 Å². The first-order valence-corrected chi connectivity index (χ1v) is 4.67. The quantitative estimate of drug-likeness (QED) is 0.732. The molecule has 0 fully saturated rings. The second-order valence-electron chi connectivity index (χ2n) is 3.45. The SMILES string of the molecule is C[C@H](N)[C@H](O)CCc1ccccc1. The molecule has 0 amide bonds. The molecule has 0 heterocycles. The van der Waals surface area contributed by atoms with Crippen LogP contribution in [0.3, 0.4) is 0 Å². The number of aliphatic hydroxyl groups is 1. The molecule has 0 aliphatic rings. The summed E-state index contributed by atoms with van der Waals surface area (Å²) in [5, 5.41) is 9.46. The maximum Gasteiger partial charge on any atom is 0.0691 e. The van der Waals surface area contributed by atoms with Crippen molar-refractivity contribution in [2.45, 2.75) is 31.9 Å². The lowest BCUT2D eigenvalue weighted by Crippen LogP contribution is -2.31. The molecule has 0 aromatic heterocycles. The number of aryl methyl sites for hydroxylation is 1. The lowest BCUT2D eigenvalue weighted by atomic mass is 10.0. The van der Waals surface area contributed by atoms with Gasteiger partial charge in [0.1, 0.15) is 0 Å². The maximum atomic E-state index is 9.46. The van der Waals surface area contributed by atoms with Crippen LogP contribution in [0.1, 0.15) is 18.9 Å². The van der Waals surface area contributed by atoms with Crippen molar-refractivity contribution < 1.29 is 5.11 Å². The molecule has 2 heteroatoms. The number of rotatable bonds is 4. The fourth-order valence-electron chi connectivity index (χ4n) is 1.22. The summed E-state index contributed by atoms with van der Waals surface area (Å²) in [5.74, 6) is 0. The second kappa shape index (κ2) is 5.00. The van der Waals surface area contributed by atoms with Crippen LogP contribution in [0.25, 0.3) is 0 Å². The molecule has 0 aliphatic heterocycles. The fraction of sp³-hybridized carbons (Fsp3) is 0.455. The van der Waals surface area contributed by atoms with Crippen LogP contribution < -0.4 is 5.73 Å². The second-order valence-corrected chi connectivity index (χ2v) is 3.45. The third-order valence-electron chi connectivity index (χ3n) is 2.18. The summed E-state index contributed by atoms with van der Waals surface area (Å²) in [6, 6.07) is 10.00. The van der Waals surface area contributed by atoms with E-state index in [0.29, 0.717) is 0 Å². The molecule has 0 spiro atoms. The molecule has 1 aromatic rings. The Hall–Kier alpha value is -0.860. The molecule has 2 nitrogen and oxygen atoms in total. The molecule has 2 atom stereocenters. The van der Waals surface area contributed by atoms with Gasteiger partial charge in [-0.15, -0.1) is 0 Å². The third-order valence-corrected chi connectivity index (χ3v) is 2.18. The Morgan fingerprint density at radius 3 is 2.46 bits per heavy atom. The van der Waals surface area contributed by atoms with Crippen molar-refractivity contribution in [1.29, 1.82) is 0 Å². The minimum atomic E-state index is -0.389. The summed E-state index contributed by atoms with van der Waals surface area (Å²) in [6.45, 7) is 1.83. The van der Waals surface area contributed by atoms with Gasteiger partial charge in [-0.25, -0.2) is 0 Å². The molecule has 0 bridgehead atoms. The summed E-state index contributed by atoms with van der Waals surface area (Å²) in [6.07, 6.45) is 1.24. The van der Waals surface area contributed by atoms with Crippen LogP contribution >= 0.6 is 0 Å². The Morgan fingerprint density at radius 2 is 1.92 bits per heavy atom. The van der Waals surface area contributed by atoms with Crippen molar-refractivity contribution in [3.05, 3.63) is 35.9 Å². The van der Waals surface area contributed by atoms with Crippen LogP contribution in [-0.2, 0) is 6.42 Å². The number of hydrogen-bond acceptors (Lipinski definition) is 2. The first-order chi connectivity index (χ1) is 6.20. The number of benzene rings is 1. The molecule has 13 heavy (non-hydrogen) atoms. The molecule has 1 rings (SSSR count). The molecule has 72 valence electrons. The summed E-state index contributed by atoms with van der Waals surface area (Å²) >= 11 is 0. The van der Waals surface area contributed by atoms with Gasteiger partial charge in [0.15, 0.2) is 0 Å². The van der Waals surface area contributed by atoms with E-state index in [-0.39, 0.29) is 12.1 Å². The van der Waals surface area contributed by atoms with Crippen LogP contribution in [0.4, 0.5) is 0 Å². The Morgan fingerprint density at radius 1 is 1.31 bits per heavy atom. The predicted octanol–water partition coefficient (Wildman–Crippen LogP) is 1.33. The van der Waals surface area contributed by atoms with Crippen molar-refractivity contribution in [2.75, 3.05) is 0 Å². The van der Waals surface area contributed by atoms with Crippen molar-refractivity contribution >= 4 is 0 Å². The minimum Gasteiger partial charge on any atom is -0.392 e. The Labute approximate surface area is 79.4 Å². The van der Waals surface area contributed by atoms with Crippen LogP contribution in [0, 0.1) is 0 Å². The summed E-state index contributed by atoms with van der Waals surface area (Å²) in [4.78, 5) is 0. The van der Waals surface area contributed by atoms with Crippen LogP contribution in [-0.4, -0.2) is 17.3 Å². The van der Waals surface area contributed by atoms with Crippen LogP contribution in [0.2, 0.25) is 0 Å². The van der Waals surface area contributed by atoms with E-state index in [4.69, 9.17) is 5.73 Å². The standard InChI is InChI=1S/C11H17NO/c1-9(12)11(13)8-7-10-5-3-2-4-6-10/h2-6,9,11,13H,7-8,12H2,1H3/t9-,11+/m0/s1. The van der Waals surface area contributed by atoms with Gasteiger partial charge in [0.25, 0.3) is 0 Å². The van der Waals surface area contributed by atoms with Crippen molar-refractivity contribution in [3.63, 3.8) is 0 Å². The number of aliphatic hydroxyl groups excluding tert-OH is 1. The van der Waals surface area contributed by atoms with Gasteiger partial charge in [0.05, 0.1) is 6.10 Å². The largest absolute Gasteiger partial charge is 0.392 e. The average Bonchev–Trinajstić information content (AvgIpc) is 2.15. The van der Waals surface area contributed by atoms with Crippen LogP contribution in [0.15, 0.2) is 30.3 Å². The molecule has 3 N–H and O–H groups in total. The van der Waals surface area contributed by atoms with E-state index in [2.05, 4.69) is 12.1 Å². The van der Waals surface area contributed by atoms with E-state index in [1.165, 1.54) is 5.56 Å². The van der Waals surface area contributed by atoms with E-state index >= 15 is 0 Å². The van der Waals surface area contributed by atoms with E-state index in [0.717, 1.165) is 12.8 Å². The summed E-state index contributed by atoms with van der Waals surface area (Å²) in [7, 11) is 0. The highest BCUT2D eigenvalue weighted by Crippen LogP contribution is 2.06. The Kier molecular flexibility index (Phi) is 3.93. The van der Waals surface area contributed by atoms with Gasteiger partial charge >= 0.3 is 0 Å². The summed E-state index contributed by atoms with van der Waals surface area (Å²) < 4.78 is 0. The average molecular weight is 179 g/mol. The number of nitrogens with two attached hydrogens (primary N) is 1. The van der Waals surface area contributed by atoms with Crippen LogP contribution in [0.5, 0.6) is 0 Å². The fourth-order valence-corrected chi connectivity index (χ4v) is 1.22. The topological polar surface area (TPSA) is 46.2 Å². The van der Waals surface area contributed by atoms with Gasteiger partial charge < -0.3 is 10.8 Å². The molecule has 0 aliphatic carbocycles. The maximum absolute atomic E-state index is 9.46. The van der Waals surface area contributed by atoms with E-state index in [1.807, 2.05) is 25.1 Å². The molecular formula is C11H17NO. The molecular weight excluding hydrogens is 162 g/mol. The van der Waals surface area contributed by atoms with Gasteiger partial charge in [0, 0.05) is 6.04 Å². The first-order valence-electron chi connectivity index (χ1n) is 4.67. The minimum absolute atomic E-state index is 0.135. The van der Waals surface area contributed by atoms with E-state index in [9.17, 15) is 5.11 Å². The normalized spacial score (nSPS) is 15.3. The zero-order valence-electron chi connectivity index (χ0n) is 7.98. The molecule has 0 radical (unpaired) electrons. The lowest BCUT2D eigenvalue weighted by molar-refractivity contribution is 0.141. The first kappa shape index (κ1) is 10.2. The lowest BCUT2D eigenvalue weighted by Gasteiger charge is -2.13. The van der Waals surface area contributed by atoms with Crippen molar-refractivity contribution in [1.82, 2.24) is 0 Å². The third kappa shape index (κ3) is 3.57. The highest BCUT2D eigenvalue weighted by atomic mass is 16.3. The molecule has 0 unspecified atom stereocenters. The van der Waals surface area contributed by atoms with Gasteiger partial charge in [0.2, 0.25) is 0 Å². The zero-order chi connectivity index (χ0) is 9.68. The molecule has 1 aromatic carbocycles. The molecule has 0 saturated carbocycles. The predicted molar refractivity (Wildman–Crippen MR) is 54.4 cm³/mol. The highest BCUT2D eigenvalue weighted by Gasteiger charge is 2.08. The summed E-state index contributed by atoms with van der Waals surface area (Å²) in [5.41, 5.74) is 6.80. The Balaban J connectivity index is 2.35. The van der Waals surface area contributed by atoms with E-state index in [1.54, 1.807) is 0 Å². The molecule has 0 saturated heterocycles. The monoisotopic (exact) mass is 179 g/mol. The highest BCUT2D eigenvalue weighted by molar-refractivity contribution is 5.14. The zero-order valence-corrected chi connectivity index (χ0v) is 7.98. The van der Waals surface area contributed by atoms with Gasteiger partial charge in [-0.2, -0.15) is 0 Å². The number of hydrogen-bond donors (Lipinski definition) is 2. The van der Waals surface area contributed by atoms with Crippen molar-refractivity contribution in [2.24, 2.45) is 5.73 Å². The van der Waals surface area contributed by atoms with Gasteiger partial charge in [-0.1, -0.05) is 30.3 Å². The Bertz CT molecular complexity index is 233.